The number of nitrogens with one attached hydrogen (secondary N) is 2. The first-order valence-corrected chi connectivity index (χ1v) is 14.4. The molecular weight excluding hydrogens is 530 g/mol. The van der Waals surface area contributed by atoms with Crippen molar-refractivity contribution in [3.63, 3.8) is 0 Å². The molecule has 41 heavy (non-hydrogen) atoms. The van der Waals surface area contributed by atoms with Crippen LogP contribution in [0.25, 0.3) is 0 Å². The molecule has 230 valence electrons. The van der Waals surface area contributed by atoms with Crippen molar-refractivity contribution in [3.05, 3.63) is 36.0 Å². The van der Waals surface area contributed by atoms with Crippen LogP contribution in [-0.2, 0) is 33.3 Å². The molecule has 3 N–H and O–H groups in total. The summed E-state index contributed by atoms with van der Waals surface area (Å²) in [6.07, 6.45) is 8.60. The normalized spacial score (nSPS) is 34.7. The van der Waals surface area contributed by atoms with Gasteiger partial charge in [-0.15, -0.1) is 0 Å². The number of hydrogen-bond acceptors (Lipinski definition) is 9. The Morgan fingerprint density at radius 2 is 1.88 bits per heavy atom. The molecule has 2 amide bonds. The van der Waals surface area contributed by atoms with Gasteiger partial charge in [0.05, 0.1) is 37.4 Å². The Labute approximate surface area is 243 Å². The number of rotatable bonds is 11. The fraction of sp³-hybridized carbons (Fsp3) is 0.700. The highest BCUT2D eigenvalue weighted by atomic mass is 16.6. The third-order valence-corrected chi connectivity index (χ3v) is 7.69. The molecule has 3 fully saturated rings. The summed E-state index contributed by atoms with van der Waals surface area (Å²) < 4.78 is 23.0. The highest BCUT2D eigenvalue weighted by Gasteiger charge is 2.58. The maximum absolute atomic E-state index is 12.4. The maximum atomic E-state index is 12.4. The summed E-state index contributed by atoms with van der Waals surface area (Å²) in [6.45, 7) is 9.54. The molecule has 1 unspecified atom stereocenters. The average Bonchev–Trinajstić information content (AvgIpc) is 3.64. The molecule has 3 aliphatic heterocycles. The lowest BCUT2D eigenvalue weighted by atomic mass is 9.87. The van der Waals surface area contributed by atoms with Crippen LogP contribution in [0.2, 0.25) is 0 Å². The second-order valence-corrected chi connectivity index (χ2v) is 11.8. The zero-order valence-corrected chi connectivity index (χ0v) is 25.3. The number of carbonyl (C=O) groups is 3. The van der Waals surface area contributed by atoms with Crippen molar-refractivity contribution in [2.45, 2.75) is 109 Å². The fourth-order valence-corrected chi connectivity index (χ4v) is 5.39. The number of hydrazine groups is 1. The van der Waals surface area contributed by atoms with Gasteiger partial charge in [0.15, 0.2) is 0 Å². The standard InChI is InChI=1S/C30H47N3O8/c1-18(9-12-26-29(37)30(17-38-30)16-23(41-26)15-28(36)32-33(6)7)8-11-25-19(2)14-24(21(4)40-25)31-27(35)13-10-20(3)39-22(5)34/h8-10,12-13,19-21,23-26,29,37H,11,14-17H2,1-7H3,(H,31,35)(H,32,36)/b12-9+,13-10?,18-8+/t19-,20?,21+,23+,24+,25-,26+,29+,30+/m0/s1. The summed E-state index contributed by atoms with van der Waals surface area (Å²) in [4.78, 5) is 35.6. The van der Waals surface area contributed by atoms with E-state index in [1.165, 1.54) is 13.0 Å². The summed E-state index contributed by atoms with van der Waals surface area (Å²) in [5.41, 5.74) is 3.09. The molecule has 3 heterocycles. The molecule has 0 aliphatic carbocycles. The maximum Gasteiger partial charge on any atom is 0.303 e. The summed E-state index contributed by atoms with van der Waals surface area (Å²) in [7, 11) is 3.50. The van der Waals surface area contributed by atoms with Crippen molar-refractivity contribution in [1.82, 2.24) is 15.8 Å². The Morgan fingerprint density at radius 1 is 1.17 bits per heavy atom. The van der Waals surface area contributed by atoms with Crippen LogP contribution in [0.4, 0.5) is 0 Å². The molecule has 1 spiro atoms. The van der Waals surface area contributed by atoms with E-state index < -0.39 is 29.9 Å². The van der Waals surface area contributed by atoms with Gasteiger partial charge in [-0.1, -0.05) is 30.7 Å². The van der Waals surface area contributed by atoms with Gasteiger partial charge in [0.25, 0.3) is 0 Å². The average molecular weight is 578 g/mol. The third-order valence-electron chi connectivity index (χ3n) is 7.69. The van der Waals surface area contributed by atoms with Gasteiger partial charge < -0.3 is 29.4 Å². The topological polar surface area (TPSA) is 139 Å². The smallest absolute Gasteiger partial charge is 0.303 e. The van der Waals surface area contributed by atoms with Crippen molar-refractivity contribution < 1.29 is 38.4 Å². The Kier molecular flexibility index (Phi) is 11.7. The van der Waals surface area contributed by atoms with Gasteiger partial charge in [0.1, 0.15) is 23.9 Å². The molecule has 0 aromatic heterocycles. The van der Waals surface area contributed by atoms with Crippen LogP contribution in [0, 0.1) is 5.92 Å². The molecule has 3 rings (SSSR count). The zero-order chi connectivity index (χ0) is 30.3. The molecule has 3 aliphatic rings. The lowest BCUT2D eigenvalue weighted by Gasteiger charge is -2.39. The summed E-state index contributed by atoms with van der Waals surface area (Å²) in [5, 5.41) is 15.4. The van der Waals surface area contributed by atoms with E-state index in [0.717, 1.165) is 12.0 Å². The number of hydrogen-bond donors (Lipinski definition) is 3. The van der Waals surface area contributed by atoms with Crippen LogP contribution in [0.3, 0.4) is 0 Å². The molecule has 0 radical (unpaired) electrons. The number of carbonyl (C=O) groups excluding carboxylic acids is 3. The number of ether oxygens (including phenoxy) is 4. The largest absolute Gasteiger partial charge is 0.459 e. The quantitative estimate of drug-likeness (QED) is 0.111. The molecule has 11 nitrogen and oxygen atoms in total. The Bertz CT molecular complexity index is 1020. The predicted molar refractivity (Wildman–Crippen MR) is 152 cm³/mol. The minimum atomic E-state index is -0.797. The number of aliphatic hydroxyl groups excluding tert-OH is 1. The molecule has 9 atom stereocenters. The molecule has 0 saturated carbocycles. The molecular formula is C30H47N3O8. The molecule has 11 heteroatoms. The first kappa shape index (κ1) is 32.9. The number of aliphatic hydroxyl groups is 1. The van der Waals surface area contributed by atoms with Crippen molar-refractivity contribution in [2.24, 2.45) is 5.92 Å². The summed E-state index contributed by atoms with van der Waals surface area (Å²) in [5.74, 6) is -0.568. The van der Waals surface area contributed by atoms with Gasteiger partial charge in [-0.25, -0.2) is 5.01 Å². The summed E-state index contributed by atoms with van der Waals surface area (Å²) >= 11 is 0. The lowest BCUT2D eigenvalue weighted by molar-refractivity contribution is -0.147. The van der Waals surface area contributed by atoms with E-state index in [-0.39, 0.29) is 48.5 Å². The van der Waals surface area contributed by atoms with Crippen LogP contribution < -0.4 is 10.7 Å². The van der Waals surface area contributed by atoms with Crippen molar-refractivity contribution in [1.29, 1.82) is 0 Å². The van der Waals surface area contributed by atoms with Crippen LogP contribution in [-0.4, -0.2) is 96.9 Å². The van der Waals surface area contributed by atoms with Crippen molar-refractivity contribution >= 4 is 17.8 Å². The first-order chi connectivity index (χ1) is 19.3. The third kappa shape index (κ3) is 10.0. The van der Waals surface area contributed by atoms with E-state index in [1.807, 2.05) is 26.0 Å². The monoisotopic (exact) mass is 577 g/mol. The fourth-order valence-electron chi connectivity index (χ4n) is 5.39. The van der Waals surface area contributed by atoms with E-state index in [9.17, 15) is 19.5 Å². The van der Waals surface area contributed by atoms with Gasteiger partial charge in [0, 0.05) is 33.5 Å². The minimum Gasteiger partial charge on any atom is -0.459 e. The van der Waals surface area contributed by atoms with Gasteiger partial charge in [-0.2, -0.15) is 0 Å². The second-order valence-electron chi connectivity index (χ2n) is 11.8. The number of esters is 1. The Morgan fingerprint density at radius 3 is 2.51 bits per heavy atom. The van der Waals surface area contributed by atoms with Gasteiger partial charge in [0.2, 0.25) is 11.8 Å². The second kappa shape index (κ2) is 14.6. The number of amides is 2. The minimum absolute atomic E-state index is 0.000256. The lowest BCUT2D eigenvalue weighted by Crippen LogP contribution is -2.51. The van der Waals surface area contributed by atoms with Crippen molar-refractivity contribution in [2.75, 3.05) is 20.7 Å². The van der Waals surface area contributed by atoms with E-state index in [1.54, 1.807) is 32.1 Å². The van der Waals surface area contributed by atoms with Gasteiger partial charge >= 0.3 is 5.97 Å². The number of epoxide rings is 1. The Hall–Kier alpha value is -2.57. The number of nitrogens with zero attached hydrogens (tertiary/aromatic N) is 1. The molecule has 0 bridgehead atoms. The van der Waals surface area contributed by atoms with Gasteiger partial charge in [-0.05, 0) is 45.6 Å². The Balaban J connectivity index is 1.50. The van der Waals surface area contributed by atoms with Crippen LogP contribution in [0.1, 0.15) is 60.3 Å². The van der Waals surface area contributed by atoms with E-state index in [2.05, 4.69) is 23.7 Å². The van der Waals surface area contributed by atoms with E-state index in [4.69, 9.17) is 18.9 Å². The predicted octanol–water partition coefficient (Wildman–Crippen LogP) is 1.96. The van der Waals surface area contributed by atoms with Crippen molar-refractivity contribution in [3.8, 4) is 0 Å². The first-order valence-electron chi connectivity index (χ1n) is 14.4. The number of allylic oxidation sites excluding steroid dienone is 2. The SMILES string of the molecule is CC(=O)OC(C)C=CC(=O)N[C@@H]1C[C@H](C)[C@H](C/C=C(C)/C=C/[C@H]2O[C@H](CC(=O)NN(C)C)C[C@@]3(CO3)[C@@H]2O)O[C@@H]1C. The zero-order valence-electron chi connectivity index (χ0n) is 25.3. The van der Waals surface area contributed by atoms with Crippen LogP contribution in [0.5, 0.6) is 0 Å². The molecule has 3 saturated heterocycles. The van der Waals surface area contributed by atoms with E-state index in [0.29, 0.717) is 19.4 Å². The highest BCUT2D eigenvalue weighted by Crippen LogP contribution is 2.43. The van der Waals surface area contributed by atoms with Gasteiger partial charge in [-0.3, -0.25) is 19.8 Å². The van der Waals surface area contributed by atoms with Crippen LogP contribution in [0.15, 0.2) is 36.0 Å². The molecule has 0 aromatic carbocycles. The summed E-state index contributed by atoms with van der Waals surface area (Å²) in [6, 6.07) is -0.123. The van der Waals surface area contributed by atoms with E-state index >= 15 is 0 Å². The highest BCUT2D eigenvalue weighted by molar-refractivity contribution is 5.87. The van der Waals surface area contributed by atoms with Crippen LogP contribution >= 0.6 is 0 Å². The molecule has 0 aromatic rings.